The molecule has 2 aromatic carbocycles. The molecule has 2 aromatic rings. The zero-order chi connectivity index (χ0) is 15.9. The van der Waals surface area contributed by atoms with Gasteiger partial charge < -0.3 is 10.2 Å². The second kappa shape index (κ2) is 5.07. The summed E-state index contributed by atoms with van der Waals surface area (Å²) in [5, 5.41) is 20.1. The molecular formula is C16H18O4S. The molecule has 2 N–H and O–H groups in total. The topological polar surface area (TPSA) is 74.6 Å². The Hall–Kier alpha value is -2.01. The Morgan fingerprint density at radius 3 is 1.86 bits per heavy atom. The Balaban J connectivity index is 2.75. The number of hydrogen-bond donors (Lipinski definition) is 2. The molecule has 0 amide bonds. The number of benzene rings is 2. The highest BCUT2D eigenvalue weighted by atomic mass is 32.2. The van der Waals surface area contributed by atoms with Crippen LogP contribution in [0.2, 0.25) is 0 Å². The summed E-state index contributed by atoms with van der Waals surface area (Å²) in [5.41, 5.74) is 2.24. The molecule has 112 valence electrons. The van der Waals surface area contributed by atoms with Crippen LogP contribution in [0.15, 0.2) is 34.1 Å². The first-order valence-electron chi connectivity index (χ1n) is 6.51. The van der Waals surface area contributed by atoms with Gasteiger partial charge in [0.2, 0.25) is 9.84 Å². The van der Waals surface area contributed by atoms with E-state index in [1.165, 1.54) is 12.1 Å². The number of rotatable bonds is 2. The molecule has 0 aliphatic rings. The Kier molecular flexibility index (Phi) is 3.72. The van der Waals surface area contributed by atoms with E-state index in [1.54, 1.807) is 39.8 Å². The van der Waals surface area contributed by atoms with Gasteiger partial charge in [-0.15, -0.1) is 0 Å². The summed E-state index contributed by atoms with van der Waals surface area (Å²) >= 11 is 0. The second-order valence-electron chi connectivity index (χ2n) is 5.21. The lowest BCUT2D eigenvalue weighted by molar-refractivity contribution is 0.453. The van der Waals surface area contributed by atoms with Crippen LogP contribution in [0.25, 0.3) is 0 Å². The molecule has 21 heavy (non-hydrogen) atoms. The fraction of sp³-hybridized carbons (Fsp3) is 0.250. The van der Waals surface area contributed by atoms with E-state index >= 15 is 0 Å². The Morgan fingerprint density at radius 2 is 1.24 bits per heavy atom. The van der Waals surface area contributed by atoms with Crippen molar-refractivity contribution in [3.8, 4) is 11.5 Å². The van der Waals surface area contributed by atoms with Gasteiger partial charge in [0.1, 0.15) is 16.4 Å². The van der Waals surface area contributed by atoms with Gasteiger partial charge in [-0.05, 0) is 56.5 Å². The number of aryl methyl sites for hydroxylation is 2. The summed E-state index contributed by atoms with van der Waals surface area (Å²) in [5.74, 6) is -0.283. The van der Waals surface area contributed by atoms with Crippen molar-refractivity contribution in [2.45, 2.75) is 37.5 Å². The molecule has 0 aliphatic carbocycles. The van der Waals surface area contributed by atoms with Gasteiger partial charge in [0.25, 0.3) is 0 Å². The van der Waals surface area contributed by atoms with Crippen molar-refractivity contribution in [1.29, 1.82) is 0 Å². The highest BCUT2D eigenvalue weighted by Gasteiger charge is 2.26. The zero-order valence-electron chi connectivity index (χ0n) is 12.4. The van der Waals surface area contributed by atoms with E-state index in [0.717, 1.165) is 5.56 Å². The van der Waals surface area contributed by atoms with Crippen LogP contribution in [0.4, 0.5) is 0 Å². The third-order valence-corrected chi connectivity index (χ3v) is 5.76. The molecule has 0 saturated carbocycles. The van der Waals surface area contributed by atoms with Crippen LogP contribution in [0.3, 0.4) is 0 Å². The molecule has 0 saturated heterocycles. The number of phenols is 2. The molecule has 0 fully saturated rings. The maximum absolute atomic E-state index is 12.7. The molecule has 2 rings (SSSR count). The molecule has 0 atom stereocenters. The SMILES string of the molecule is Cc1ccc(S(=O)(=O)c2ccc(C)c(O)c2C)c(O)c1C. The average Bonchev–Trinajstić information content (AvgIpc) is 2.41. The summed E-state index contributed by atoms with van der Waals surface area (Å²) in [6.07, 6.45) is 0. The van der Waals surface area contributed by atoms with Gasteiger partial charge in [-0.3, -0.25) is 0 Å². The summed E-state index contributed by atoms with van der Waals surface area (Å²) in [7, 11) is -3.89. The highest BCUT2D eigenvalue weighted by molar-refractivity contribution is 7.91. The van der Waals surface area contributed by atoms with Crippen LogP contribution >= 0.6 is 0 Å². The fourth-order valence-corrected chi connectivity index (χ4v) is 3.86. The number of phenolic OH excluding ortho intramolecular Hbond substituents is 2. The van der Waals surface area contributed by atoms with E-state index < -0.39 is 9.84 Å². The van der Waals surface area contributed by atoms with Crippen LogP contribution in [0.1, 0.15) is 22.3 Å². The monoisotopic (exact) mass is 306 g/mol. The van der Waals surface area contributed by atoms with Crippen LogP contribution in [0, 0.1) is 27.7 Å². The molecule has 0 aromatic heterocycles. The van der Waals surface area contributed by atoms with Crippen molar-refractivity contribution >= 4 is 9.84 Å². The molecule has 0 bridgehead atoms. The van der Waals surface area contributed by atoms with Gasteiger partial charge in [0, 0.05) is 5.56 Å². The van der Waals surface area contributed by atoms with Crippen molar-refractivity contribution in [2.24, 2.45) is 0 Å². The van der Waals surface area contributed by atoms with E-state index in [9.17, 15) is 18.6 Å². The molecular weight excluding hydrogens is 288 g/mol. The van der Waals surface area contributed by atoms with E-state index in [0.29, 0.717) is 11.1 Å². The predicted molar refractivity (Wildman–Crippen MR) is 80.6 cm³/mol. The van der Waals surface area contributed by atoms with Gasteiger partial charge in [0.15, 0.2) is 0 Å². The van der Waals surface area contributed by atoms with E-state index in [-0.39, 0.29) is 26.9 Å². The van der Waals surface area contributed by atoms with Crippen molar-refractivity contribution in [2.75, 3.05) is 0 Å². The maximum Gasteiger partial charge on any atom is 0.210 e. The molecule has 0 unspecified atom stereocenters. The Labute approximate surface area is 124 Å². The minimum Gasteiger partial charge on any atom is -0.507 e. The van der Waals surface area contributed by atoms with Gasteiger partial charge >= 0.3 is 0 Å². The van der Waals surface area contributed by atoms with Gasteiger partial charge in [-0.2, -0.15) is 0 Å². The molecule has 5 heteroatoms. The first-order chi connectivity index (χ1) is 9.67. The van der Waals surface area contributed by atoms with Gasteiger partial charge in [-0.25, -0.2) is 8.42 Å². The zero-order valence-corrected chi connectivity index (χ0v) is 13.2. The lowest BCUT2D eigenvalue weighted by Gasteiger charge is -2.13. The number of hydrogen-bond acceptors (Lipinski definition) is 4. The van der Waals surface area contributed by atoms with Crippen molar-refractivity contribution in [3.05, 3.63) is 46.5 Å². The Bertz CT molecular complexity index is 757. The van der Waals surface area contributed by atoms with E-state index in [4.69, 9.17) is 0 Å². The lowest BCUT2D eigenvalue weighted by Crippen LogP contribution is -2.06. The standard InChI is InChI=1S/C16H18O4S/c1-9-5-8-14(16(18)11(9)3)21(19,20)13-7-6-10(2)15(17)12(13)4/h5-8,17-18H,1-4H3. The van der Waals surface area contributed by atoms with E-state index in [2.05, 4.69) is 0 Å². The third kappa shape index (κ3) is 2.38. The smallest absolute Gasteiger partial charge is 0.210 e. The normalized spacial score (nSPS) is 11.6. The van der Waals surface area contributed by atoms with E-state index in [1.807, 2.05) is 0 Å². The predicted octanol–water partition coefficient (Wildman–Crippen LogP) is 3.16. The average molecular weight is 306 g/mol. The van der Waals surface area contributed by atoms with Gasteiger partial charge in [0.05, 0.1) is 4.90 Å². The molecule has 0 spiro atoms. The lowest BCUT2D eigenvalue weighted by atomic mass is 10.1. The van der Waals surface area contributed by atoms with Crippen molar-refractivity contribution in [1.82, 2.24) is 0 Å². The number of sulfone groups is 1. The van der Waals surface area contributed by atoms with Crippen LogP contribution in [-0.4, -0.2) is 18.6 Å². The Morgan fingerprint density at radius 1 is 0.714 bits per heavy atom. The molecule has 0 heterocycles. The van der Waals surface area contributed by atoms with Crippen molar-refractivity contribution < 1.29 is 18.6 Å². The fourth-order valence-electron chi connectivity index (χ4n) is 2.22. The van der Waals surface area contributed by atoms with Crippen LogP contribution in [0.5, 0.6) is 11.5 Å². The summed E-state index contributed by atoms with van der Waals surface area (Å²) in [6, 6.07) is 6.05. The first-order valence-corrected chi connectivity index (χ1v) is 7.99. The van der Waals surface area contributed by atoms with Crippen LogP contribution in [-0.2, 0) is 9.84 Å². The summed E-state index contributed by atoms with van der Waals surface area (Å²) in [6.45, 7) is 6.72. The molecule has 0 radical (unpaired) electrons. The quantitative estimate of drug-likeness (QED) is 0.893. The van der Waals surface area contributed by atoms with Crippen molar-refractivity contribution in [3.63, 3.8) is 0 Å². The minimum atomic E-state index is -3.89. The molecule has 4 nitrogen and oxygen atoms in total. The second-order valence-corrected chi connectivity index (χ2v) is 7.10. The maximum atomic E-state index is 12.7. The first kappa shape index (κ1) is 15.4. The van der Waals surface area contributed by atoms with Crippen LogP contribution < -0.4 is 0 Å². The summed E-state index contributed by atoms with van der Waals surface area (Å²) in [4.78, 5) is -0.138. The number of aromatic hydroxyl groups is 2. The highest BCUT2D eigenvalue weighted by Crippen LogP contribution is 2.36. The van der Waals surface area contributed by atoms with Gasteiger partial charge in [-0.1, -0.05) is 12.1 Å². The largest absolute Gasteiger partial charge is 0.507 e. The minimum absolute atomic E-state index is 0.00385. The molecule has 0 aliphatic heterocycles. The third-order valence-electron chi connectivity index (χ3n) is 3.83. The summed E-state index contributed by atoms with van der Waals surface area (Å²) < 4.78 is 25.5.